The van der Waals surface area contributed by atoms with Gasteiger partial charge in [0.25, 0.3) is 0 Å². The Morgan fingerprint density at radius 3 is 2.72 bits per heavy atom. The van der Waals surface area contributed by atoms with Gasteiger partial charge in [0.1, 0.15) is 9.76 Å². The summed E-state index contributed by atoms with van der Waals surface area (Å²) in [5.41, 5.74) is 0.382. The molecule has 1 aliphatic rings. The quantitative estimate of drug-likeness (QED) is 0.610. The Kier molecular flexibility index (Phi) is 6.39. The Labute approximate surface area is 183 Å². The number of aromatic nitrogens is 2. The number of alkyl halides is 2. The number of benzene rings is 1. The molecule has 2 aromatic rings. The van der Waals surface area contributed by atoms with Crippen molar-refractivity contribution >= 4 is 56.3 Å². The number of ether oxygens (including phenoxy) is 1. The number of hydrogen-bond acceptors (Lipinski definition) is 4. The van der Waals surface area contributed by atoms with Crippen molar-refractivity contribution in [3.63, 3.8) is 0 Å². The zero-order valence-corrected chi connectivity index (χ0v) is 18.3. The lowest BCUT2D eigenvalue weighted by Crippen LogP contribution is -2.32. The van der Waals surface area contributed by atoms with Crippen molar-refractivity contribution in [2.75, 3.05) is 18.9 Å². The first-order valence-electron chi connectivity index (χ1n) is 8.28. The molecule has 1 aromatic carbocycles. The third-order valence-electron chi connectivity index (χ3n) is 4.57. The standard InChI is InChI=1S/C17H15BrClF3N4O2S/c1-25-6-7(10-13(18)24-26(2)14(10)19)11(16(25)29)15(27)23-9-5-3-4-8(20)12(9)28-17(21)22/h3-5,7,11,17H,6H2,1-2H3,(H,23,27)/t7-,11+/m1/s1. The minimum atomic E-state index is -3.25. The number of hydrogen-bond donors (Lipinski definition) is 1. The van der Waals surface area contributed by atoms with Crippen LogP contribution in [0.4, 0.5) is 18.9 Å². The fourth-order valence-electron chi connectivity index (χ4n) is 3.27. The van der Waals surface area contributed by atoms with Crippen molar-refractivity contribution in [2.45, 2.75) is 12.5 Å². The molecule has 0 bridgehead atoms. The molecule has 29 heavy (non-hydrogen) atoms. The molecule has 12 heteroatoms. The number of aryl methyl sites for hydroxylation is 1. The van der Waals surface area contributed by atoms with Crippen molar-refractivity contribution in [3.05, 3.63) is 39.3 Å². The Balaban J connectivity index is 1.95. The molecule has 6 nitrogen and oxygen atoms in total. The number of rotatable bonds is 5. The molecular formula is C17H15BrClF3N4O2S. The SMILES string of the molecule is CN1C[C@H](c2c(Br)nn(C)c2Cl)[C@@H](C(=O)Nc2cccc(F)c2OC(F)F)C1=S. The molecule has 0 aliphatic carbocycles. The molecule has 0 spiro atoms. The van der Waals surface area contributed by atoms with Crippen LogP contribution in [-0.2, 0) is 11.8 Å². The lowest BCUT2D eigenvalue weighted by Gasteiger charge is -2.19. The molecular weight excluding hydrogens is 497 g/mol. The summed E-state index contributed by atoms with van der Waals surface area (Å²) < 4.78 is 45.4. The van der Waals surface area contributed by atoms with Gasteiger partial charge in [-0.1, -0.05) is 29.9 Å². The molecule has 0 radical (unpaired) electrons. The Morgan fingerprint density at radius 2 is 2.14 bits per heavy atom. The van der Waals surface area contributed by atoms with Gasteiger partial charge in [0.2, 0.25) is 5.91 Å². The Morgan fingerprint density at radius 1 is 1.45 bits per heavy atom. The van der Waals surface area contributed by atoms with Crippen LogP contribution in [0.5, 0.6) is 5.75 Å². The van der Waals surface area contributed by atoms with Gasteiger partial charge in [0, 0.05) is 32.1 Å². The number of likely N-dealkylation sites (N-methyl/N-ethyl adjacent to an activating group) is 1. The number of nitrogens with zero attached hydrogens (tertiary/aromatic N) is 3. The van der Waals surface area contributed by atoms with Gasteiger partial charge in [0.05, 0.1) is 16.6 Å². The summed E-state index contributed by atoms with van der Waals surface area (Å²) in [7, 11) is 3.39. The van der Waals surface area contributed by atoms with Crippen LogP contribution >= 0.6 is 39.7 Å². The maximum absolute atomic E-state index is 13.9. The molecule has 1 aliphatic heterocycles. The van der Waals surface area contributed by atoms with Gasteiger partial charge >= 0.3 is 6.61 Å². The number of anilines is 1. The molecule has 0 unspecified atom stereocenters. The fraction of sp³-hybridized carbons (Fsp3) is 0.353. The van der Waals surface area contributed by atoms with E-state index in [0.29, 0.717) is 26.9 Å². The number of thiocarbonyl (C=S) groups is 1. The molecule has 3 rings (SSSR count). The summed E-state index contributed by atoms with van der Waals surface area (Å²) in [6.45, 7) is -2.86. The average molecular weight is 512 g/mol. The predicted molar refractivity (Wildman–Crippen MR) is 109 cm³/mol. The van der Waals surface area contributed by atoms with Gasteiger partial charge in [-0.25, -0.2) is 4.39 Å². The van der Waals surface area contributed by atoms with Crippen molar-refractivity contribution in [1.29, 1.82) is 0 Å². The van der Waals surface area contributed by atoms with Crippen molar-refractivity contribution < 1.29 is 22.7 Å². The first-order chi connectivity index (χ1) is 13.6. The number of halogens is 5. The van der Waals surface area contributed by atoms with Crippen LogP contribution in [0.1, 0.15) is 11.5 Å². The van der Waals surface area contributed by atoms with Crippen molar-refractivity contribution in [1.82, 2.24) is 14.7 Å². The highest BCUT2D eigenvalue weighted by Crippen LogP contribution is 2.41. The van der Waals surface area contributed by atoms with Gasteiger partial charge in [-0.15, -0.1) is 0 Å². The van der Waals surface area contributed by atoms with Crippen molar-refractivity contribution in [2.24, 2.45) is 13.0 Å². The monoisotopic (exact) mass is 510 g/mol. The van der Waals surface area contributed by atoms with Crippen molar-refractivity contribution in [3.8, 4) is 5.75 Å². The molecule has 156 valence electrons. The third kappa shape index (κ3) is 4.22. The summed E-state index contributed by atoms with van der Waals surface area (Å²) >= 11 is 15.1. The maximum Gasteiger partial charge on any atom is 0.387 e. The Hall–Kier alpha value is -1.85. The van der Waals surface area contributed by atoms with E-state index in [9.17, 15) is 18.0 Å². The van der Waals surface area contributed by atoms with E-state index in [1.54, 1.807) is 19.0 Å². The van der Waals surface area contributed by atoms with Gasteiger partial charge < -0.3 is 15.0 Å². The summed E-state index contributed by atoms with van der Waals surface area (Å²) in [5, 5.41) is 6.99. The van der Waals surface area contributed by atoms with E-state index in [-0.39, 0.29) is 5.69 Å². The molecule has 0 saturated carbocycles. The number of carbonyl (C=O) groups excluding carboxylic acids is 1. The fourth-order valence-corrected chi connectivity index (χ4v) is 4.72. The molecule has 1 amide bonds. The normalized spacial score (nSPS) is 19.2. The largest absolute Gasteiger partial charge is 0.429 e. The van der Waals surface area contributed by atoms with Gasteiger partial charge in [0.15, 0.2) is 11.6 Å². The molecule has 1 fully saturated rings. The summed E-state index contributed by atoms with van der Waals surface area (Å²) in [4.78, 5) is 15.1. The van der Waals surface area contributed by atoms with Crippen LogP contribution in [0, 0.1) is 11.7 Å². The molecule has 1 N–H and O–H groups in total. The molecule has 2 heterocycles. The van der Waals surface area contributed by atoms with Gasteiger partial charge in [-0.2, -0.15) is 13.9 Å². The average Bonchev–Trinajstić information content (AvgIpc) is 3.05. The number of amides is 1. The van der Waals surface area contributed by atoms with E-state index in [0.717, 1.165) is 6.07 Å². The van der Waals surface area contributed by atoms with Crippen LogP contribution in [0.25, 0.3) is 0 Å². The minimum absolute atomic E-state index is 0.220. The van der Waals surface area contributed by atoms with E-state index >= 15 is 0 Å². The second-order valence-corrected chi connectivity index (χ2v) is 7.93. The topological polar surface area (TPSA) is 59.4 Å². The first-order valence-corrected chi connectivity index (χ1v) is 9.86. The van der Waals surface area contributed by atoms with E-state index in [1.807, 2.05) is 0 Å². The van der Waals surface area contributed by atoms with E-state index in [2.05, 4.69) is 31.1 Å². The van der Waals surface area contributed by atoms with E-state index in [4.69, 9.17) is 23.8 Å². The summed E-state index contributed by atoms with van der Waals surface area (Å²) in [6, 6.07) is 3.49. The second-order valence-electron chi connectivity index (χ2n) is 6.41. The third-order valence-corrected chi connectivity index (χ3v) is 6.17. The highest BCUT2D eigenvalue weighted by molar-refractivity contribution is 9.10. The van der Waals surface area contributed by atoms with Crippen LogP contribution in [-0.4, -0.2) is 45.8 Å². The molecule has 2 atom stereocenters. The van der Waals surface area contributed by atoms with E-state index < -0.39 is 35.9 Å². The predicted octanol–water partition coefficient (Wildman–Crippen LogP) is 4.19. The lowest BCUT2D eigenvalue weighted by atomic mass is 9.90. The molecule has 1 saturated heterocycles. The smallest absolute Gasteiger partial charge is 0.387 e. The highest BCUT2D eigenvalue weighted by atomic mass is 79.9. The highest BCUT2D eigenvalue weighted by Gasteiger charge is 2.44. The zero-order valence-electron chi connectivity index (χ0n) is 15.1. The Bertz CT molecular complexity index is 974. The summed E-state index contributed by atoms with van der Waals surface area (Å²) in [5.74, 6) is -3.67. The van der Waals surface area contributed by atoms with Crippen LogP contribution in [0.15, 0.2) is 22.8 Å². The summed E-state index contributed by atoms with van der Waals surface area (Å²) in [6.07, 6.45) is 0. The van der Waals surface area contributed by atoms with Crippen LogP contribution < -0.4 is 10.1 Å². The first kappa shape index (κ1) is 21.8. The number of para-hydroxylation sites is 1. The van der Waals surface area contributed by atoms with Gasteiger partial charge in [-0.3, -0.25) is 9.48 Å². The van der Waals surface area contributed by atoms with Gasteiger partial charge in [-0.05, 0) is 28.1 Å². The second kappa shape index (κ2) is 8.49. The minimum Gasteiger partial charge on any atom is -0.429 e. The molecule has 1 aromatic heterocycles. The van der Waals surface area contributed by atoms with E-state index in [1.165, 1.54) is 16.8 Å². The maximum atomic E-state index is 13.9. The number of nitrogens with one attached hydrogen (secondary N) is 1. The lowest BCUT2D eigenvalue weighted by molar-refractivity contribution is -0.118. The van der Waals surface area contributed by atoms with Crippen LogP contribution in [0.3, 0.4) is 0 Å². The van der Waals surface area contributed by atoms with Crippen LogP contribution in [0.2, 0.25) is 5.15 Å². The zero-order chi connectivity index (χ0) is 21.5. The number of likely N-dealkylation sites (tertiary alicyclic amines) is 1. The number of carbonyl (C=O) groups is 1.